The first-order chi connectivity index (χ1) is 16.9. The summed E-state index contributed by atoms with van der Waals surface area (Å²) in [5.41, 5.74) is 4.38. The molecule has 9 heteroatoms. The van der Waals surface area contributed by atoms with E-state index in [-0.39, 0.29) is 23.8 Å². The average Bonchev–Trinajstić information content (AvgIpc) is 3.19. The molecule has 0 fully saturated rings. The Kier molecular flexibility index (Phi) is 6.98. The Bertz CT molecular complexity index is 1230. The van der Waals surface area contributed by atoms with Gasteiger partial charge in [-0.2, -0.15) is 0 Å². The molecule has 0 unspecified atom stereocenters. The molecule has 3 aromatic rings. The van der Waals surface area contributed by atoms with Crippen LogP contribution in [-0.2, 0) is 9.53 Å². The number of carboxylic acid groups (broad SMARTS) is 1. The lowest BCUT2D eigenvalue weighted by Crippen LogP contribution is -2.43. The standard InChI is InChI=1S/C26H24N2O7/c1-34-15-10-11-22(20(12-15)24(30)27-23(13-29)25(31)32)28-26(33)35-14-21-18-8-4-2-6-16(18)17-7-3-5-9-19(17)21/h2-12,21,23,29H,13-14H2,1H3,(H,27,30)(H,28,33)(H,31,32)/t23-/m0/s1. The molecule has 0 saturated heterocycles. The Morgan fingerprint density at radius 3 is 2.17 bits per heavy atom. The third-order valence-corrected chi connectivity index (χ3v) is 5.84. The number of fused-ring (bicyclic) bond motifs is 3. The van der Waals surface area contributed by atoms with Crippen molar-refractivity contribution in [2.24, 2.45) is 0 Å². The van der Waals surface area contributed by atoms with Crippen LogP contribution >= 0.6 is 0 Å². The fraction of sp³-hybridized carbons (Fsp3) is 0.192. The monoisotopic (exact) mass is 476 g/mol. The van der Waals surface area contributed by atoms with Gasteiger partial charge in [-0.15, -0.1) is 0 Å². The number of hydrogen-bond acceptors (Lipinski definition) is 6. The molecule has 2 amide bonds. The molecule has 4 rings (SSSR count). The van der Waals surface area contributed by atoms with Crippen LogP contribution in [0.25, 0.3) is 11.1 Å². The van der Waals surface area contributed by atoms with Gasteiger partial charge in [-0.05, 0) is 40.5 Å². The van der Waals surface area contributed by atoms with Gasteiger partial charge in [0.05, 0.1) is 25.0 Å². The van der Waals surface area contributed by atoms with E-state index in [2.05, 4.69) is 10.6 Å². The molecule has 0 radical (unpaired) electrons. The molecule has 4 N–H and O–H groups in total. The molecule has 0 saturated carbocycles. The minimum Gasteiger partial charge on any atom is -0.497 e. The minimum atomic E-state index is -1.50. The van der Waals surface area contributed by atoms with Crippen molar-refractivity contribution in [2.75, 3.05) is 25.6 Å². The molecule has 1 aliphatic carbocycles. The number of rotatable bonds is 8. The molecular formula is C26H24N2O7. The number of carbonyl (C=O) groups excluding carboxylic acids is 2. The number of aliphatic carboxylic acids is 1. The van der Waals surface area contributed by atoms with Crippen LogP contribution in [0, 0.1) is 0 Å². The van der Waals surface area contributed by atoms with Gasteiger partial charge in [0.1, 0.15) is 12.4 Å². The van der Waals surface area contributed by atoms with Crippen molar-refractivity contribution in [3.63, 3.8) is 0 Å². The number of anilines is 1. The lowest BCUT2D eigenvalue weighted by molar-refractivity contribution is -0.140. The van der Waals surface area contributed by atoms with Crippen molar-refractivity contribution in [2.45, 2.75) is 12.0 Å². The maximum absolute atomic E-state index is 12.7. The van der Waals surface area contributed by atoms with E-state index < -0.39 is 30.6 Å². The number of methoxy groups -OCH3 is 1. The van der Waals surface area contributed by atoms with Gasteiger partial charge in [0.2, 0.25) is 0 Å². The fourth-order valence-electron chi connectivity index (χ4n) is 4.11. The van der Waals surface area contributed by atoms with E-state index in [1.165, 1.54) is 25.3 Å². The molecule has 3 aromatic carbocycles. The SMILES string of the molecule is COc1ccc(NC(=O)OCC2c3ccccc3-c3ccccc32)c(C(=O)N[C@@H](CO)C(=O)O)c1. The minimum absolute atomic E-state index is 0.0439. The third kappa shape index (κ3) is 4.95. The van der Waals surface area contributed by atoms with Crippen molar-refractivity contribution in [1.29, 1.82) is 0 Å². The molecule has 0 aromatic heterocycles. The Labute approximate surface area is 201 Å². The van der Waals surface area contributed by atoms with Crippen LogP contribution in [0.15, 0.2) is 66.7 Å². The van der Waals surface area contributed by atoms with E-state index in [4.69, 9.17) is 14.6 Å². The number of aliphatic hydroxyl groups excluding tert-OH is 1. The number of nitrogens with one attached hydrogen (secondary N) is 2. The number of benzene rings is 3. The van der Waals surface area contributed by atoms with Crippen LogP contribution in [0.4, 0.5) is 10.5 Å². The summed E-state index contributed by atoms with van der Waals surface area (Å²) in [4.78, 5) is 36.6. The van der Waals surface area contributed by atoms with E-state index in [1.807, 2.05) is 48.5 Å². The van der Waals surface area contributed by atoms with Gasteiger partial charge in [0.25, 0.3) is 5.91 Å². The zero-order valence-corrected chi connectivity index (χ0v) is 18.9. The lowest BCUT2D eigenvalue weighted by atomic mass is 9.98. The first-order valence-electron chi connectivity index (χ1n) is 10.9. The Morgan fingerprint density at radius 2 is 1.60 bits per heavy atom. The molecule has 1 atom stereocenters. The second-order valence-corrected chi connectivity index (χ2v) is 7.91. The topological polar surface area (TPSA) is 134 Å². The number of carbonyl (C=O) groups is 3. The number of carboxylic acids is 1. The highest BCUT2D eigenvalue weighted by Gasteiger charge is 2.29. The first kappa shape index (κ1) is 23.8. The van der Waals surface area contributed by atoms with Crippen molar-refractivity contribution < 1.29 is 34.1 Å². The molecule has 0 spiro atoms. The van der Waals surface area contributed by atoms with Gasteiger partial charge in [0.15, 0.2) is 6.04 Å². The summed E-state index contributed by atoms with van der Waals surface area (Å²) in [6.45, 7) is -0.705. The summed E-state index contributed by atoms with van der Waals surface area (Å²) in [6, 6.07) is 18.7. The van der Waals surface area contributed by atoms with E-state index in [0.29, 0.717) is 5.75 Å². The van der Waals surface area contributed by atoms with Crippen molar-refractivity contribution >= 4 is 23.7 Å². The number of aliphatic hydroxyl groups is 1. The van der Waals surface area contributed by atoms with Crippen LogP contribution < -0.4 is 15.4 Å². The molecule has 9 nitrogen and oxygen atoms in total. The summed E-state index contributed by atoms with van der Waals surface area (Å²) in [5.74, 6) is -2.01. The number of amides is 2. The van der Waals surface area contributed by atoms with E-state index >= 15 is 0 Å². The predicted octanol–water partition coefficient (Wildman–Crippen LogP) is 3.23. The zero-order valence-electron chi connectivity index (χ0n) is 18.9. The van der Waals surface area contributed by atoms with Gasteiger partial charge in [0, 0.05) is 5.92 Å². The Hall–Kier alpha value is -4.37. The van der Waals surface area contributed by atoms with Crippen LogP contribution in [0.2, 0.25) is 0 Å². The van der Waals surface area contributed by atoms with Gasteiger partial charge < -0.3 is 25.0 Å². The highest BCUT2D eigenvalue weighted by Crippen LogP contribution is 2.44. The zero-order chi connectivity index (χ0) is 24.9. The smallest absolute Gasteiger partial charge is 0.411 e. The molecule has 0 aliphatic heterocycles. The molecule has 180 valence electrons. The number of hydrogen-bond donors (Lipinski definition) is 4. The quantitative estimate of drug-likeness (QED) is 0.392. The summed E-state index contributed by atoms with van der Waals surface area (Å²) in [7, 11) is 1.41. The third-order valence-electron chi connectivity index (χ3n) is 5.84. The van der Waals surface area contributed by atoms with Gasteiger partial charge >= 0.3 is 12.1 Å². The van der Waals surface area contributed by atoms with E-state index in [1.54, 1.807) is 0 Å². The van der Waals surface area contributed by atoms with Gasteiger partial charge in [-0.25, -0.2) is 9.59 Å². The summed E-state index contributed by atoms with van der Waals surface area (Å²) in [5, 5.41) is 23.1. The average molecular weight is 476 g/mol. The van der Waals surface area contributed by atoms with Crippen LogP contribution in [0.3, 0.4) is 0 Å². The second-order valence-electron chi connectivity index (χ2n) is 7.91. The highest BCUT2D eigenvalue weighted by molar-refractivity contribution is 6.04. The van der Waals surface area contributed by atoms with Crippen molar-refractivity contribution in [3.05, 3.63) is 83.4 Å². The van der Waals surface area contributed by atoms with Crippen LogP contribution in [0.5, 0.6) is 5.75 Å². The Morgan fingerprint density at radius 1 is 0.971 bits per heavy atom. The van der Waals surface area contributed by atoms with Crippen molar-refractivity contribution in [3.8, 4) is 16.9 Å². The maximum atomic E-state index is 12.7. The largest absolute Gasteiger partial charge is 0.497 e. The van der Waals surface area contributed by atoms with Gasteiger partial charge in [-0.3, -0.25) is 10.1 Å². The second kappa shape index (κ2) is 10.3. The molecular weight excluding hydrogens is 452 g/mol. The predicted molar refractivity (Wildman–Crippen MR) is 128 cm³/mol. The summed E-state index contributed by atoms with van der Waals surface area (Å²) < 4.78 is 10.7. The summed E-state index contributed by atoms with van der Waals surface area (Å²) >= 11 is 0. The molecule has 0 heterocycles. The van der Waals surface area contributed by atoms with E-state index in [9.17, 15) is 19.5 Å². The van der Waals surface area contributed by atoms with E-state index in [0.717, 1.165) is 22.3 Å². The highest BCUT2D eigenvalue weighted by atomic mass is 16.5. The maximum Gasteiger partial charge on any atom is 0.411 e. The number of ether oxygens (including phenoxy) is 2. The molecule has 1 aliphatic rings. The van der Waals surface area contributed by atoms with Crippen LogP contribution in [-0.4, -0.2) is 54.5 Å². The Balaban J connectivity index is 1.50. The van der Waals surface area contributed by atoms with Crippen molar-refractivity contribution in [1.82, 2.24) is 5.32 Å². The molecule has 35 heavy (non-hydrogen) atoms. The van der Waals surface area contributed by atoms with Gasteiger partial charge in [-0.1, -0.05) is 48.5 Å². The summed E-state index contributed by atoms with van der Waals surface area (Å²) in [6.07, 6.45) is -0.775. The first-order valence-corrected chi connectivity index (χ1v) is 10.9. The normalized spacial score (nSPS) is 12.7. The molecule has 0 bridgehead atoms. The lowest BCUT2D eigenvalue weighted by Gasteiger charge is -2.17. The van der Waals surface area contributed by atoms with Crippen LogP contribution in [0.1, 0.15) is 27.4 Å². The fourth-order valence-corrected chi connectivity index (χ4v) is 4.11.